The summed E-state index contributed by atoms with van der Waals surface area (Å²) in [5, 5.41) is 6.84. The largest absolute Gasteiger partial charge is 0.494 e. The number of anilines is 3. The summed E-state index contributed by atoms with van der Waals surface area (Å²) in [7, 11) is 1.52. The third-order valence-electron chi connectivity index (χ3n) is 5.42. The zero-order valence-corrected chi connectivity index (χ0v) is 26.1. The number of ether oxygens (including phenoxy) is 2. The van der Waals surface area contributed by atoms with E-state index >= 15 is 0 Å². The highest BCUT2D eigenvalue weighted by molar-refractivity contribution is 9.10. The van der Waals surface area contributed by atoms with E-state index in [-0.39, 0.29) is 23.5 Å². The molecule has 0 bridgehead atoms. The number of aromatic nitrogens is 2. The molecule has 0 unspecified atom stereocenters. The van der Waals surface area contributed by atoms with Crippen LogP contribution in [0, 0.1) is 0 Å². The number of fused-ring (bicyclic) bond motifs is 1. The summed E-state index contributed by atoms with van der Waals surface area (Å²) < 4.78 is 11.8. The zero-order chi connectivity index (χ0) is 30.0. The van der Waals surface area contributed by atoms with Crippen LogP contribution in [0.1, 0.15) is 27.7 Å². The normalized spacial score (nSPS) is 11.6. The first-order valence-electron chi connectivity index (χ1n) is 12.8. The summed E-state index contributed by atoms with van der Waals surface area (Å²) in [4.78, 5) is 47.1. The first-order chi connectivity index (χ1) is 19.4. The van der Waals surface area contributed by atoms with Gasteiger partial charge >= 0.3 is 5.97 Å². The van der Waals surface area contributed by atoms with Crippen molar-refractivity contribution in [2.45, 2.75) is 33.3 Å². The van der Waals surface area contributed by atoms with Gasteiger partial charge in [-0.1, -0.05) is 39.8 Å². The lowest BCUT2D eigenvalue weighted by Crippen LogP contribution is -2.36. The number of rotatable bonds is 12. The maximum Gasteiger partial charge on any atom is 0.320 e. The Morgan fingerprint density at radius 3 is 2.61 bits per heavy atom. The number of esters is 1. The van der Waals surface area contributed by atoms with Crippen molar-refractivity contribution in [2.24, 2.45) is 0 Å². The Balaban J connectivity index is 1.74. The number of thioether (sulfide) groups is 1. The minimum absolute atomic E-state index is 0.00173. The lowest BCUT2D eigenvalue weighted by atomic mass is 10.2. The van der Waals surface area contributed by atoms with Gasteiger partial charge in [0.25, 0.3) is 0 Å². The second kappa shape index (κ2) is 14.9. The van der Waals surface area contributed by atoms with Gasteiger partial charge in [-0.2, -0.15) is 0 Å². The molecule has 2 aromatic carbocycles. The number of methoxy groups -OCH3 is 1. The van der Waals surface area contributed by atoms with Crippen molar-refractivity contribution in [3.63, 3.8) is 0 Å². The Labute approximate surface area is 252 Å². The molecular formula is C29H34BrN5O5S. The monoisotopic (exact) mass is 643 g/mol. The van der Waals surface area contributed by atoms with Crippen molar-refractivity contribution in [1.82, 2.24) is 14.9 Å². The molecule has 1 amide bonds. The molecule has 0 atom stereocenters. The van der Waals surface area contributed by atoms with Crippen LogP contribution in [0.25, 0.3) is 10.9 Å². The summed E-state index contributed by atoms with van der Waals surface area (Å²) in [5.41, 5.74) is 1.32. The predicted octanol–water partition coefficient (Wildman–Crippen LogP) is 5.56. The number of nitrogens with one attached hydrogen (secondary N) is 2. The van der Waals surface area contributed by atoms with Crippen LogP contribution in [0.15, 0.2) is 59.4 Å². The Morgan fingerprint density at radius 1 is 1.15 bits per heavy atom. The number of carbonyl (C=O) groups is 3. The van der Waals surface area contributed by atoms with Crippen molar-refractivity contribution < 1.29 is 23.9 Å². The first-order valence-corrected chi connectivity index (χ1v) is 14.6. The highest BCUT2D eigenvalue weighted by Gasteiger charge is 2.19. The van der Waals surface area contributed by atoms with E-state index in [0.717, 1.165) is 10.2 Å². The molecule has 0 radical (unpaired) electrons. The van der Waals surface area contributed by atoms with Crippen molar-refractivity contribution >= 4 is 72.8 Å². The van der Waals surface area contributed by atoms with Gasteiger partial charge < -0.3 is 20.1 Å². The highest BCUT2D eigenvalue weighted by atomic mass is 79.9. The predicted molar refractivity (Wildman–Crippen MR) is 167 cm³/mol. The molecule has 0 aliphatic carbocycles. The molecule has 10 nitrogen and oxygen atoms in total. The topological polar surface area (TPSA) is 123 Å². The number of amides is 1. The van der Waals surface area contributed by atoms with E-state index < -0.39 is 5.60 Å². The Kier molecular flexibility index (Phi) is 11.7. The molecule has 0 saturated carbocycles. The summed E-state index contributed by atoms with van der Waals surface area (Å²) >= 11 is 4.65. The van der Waals surface area contributed by atoms with Crippen molar-refractivity contribution in [1.29, 1.82) is 0 Å². The fourth-order valence-corrected chi connectivity index (χ4v) is 4.78. The smallest absolute Gasteiger partial charge is 0.320 e. The van der Waals surface area contributed by atoms with Crippen molar-refractivity contribution in [2.75, 3.05) is 43.1 Å². The number of benzene rings is 2. The molecule has 1 heterocycles. The van der Waals surface area contributed by atoms with E-state index in [9.17, 15) is 14.4 Å². The average molecular weight is 645 g/mol. The number of halogens is 1. The molecule has 218 valence electrons. The van der Waals surface area contributed by atoms with Gasteiger partial charge in [0.15, 0.2) is 5.12 Å². The van der Waals surface area contributed by atoms with Gasteiger partial charge in [-0.15, -0.1) is 0 Å². The van der Waals surface area contributed by atoms with Gasteiger partial charge in [-0.25, -0.2) is 9.97 Å². The zero-order valence-electron chi connectivity index (χ0n) is 23.7. The minimum Gasteiger partial charge on any atom is -0.494 e. The van der Waals surface area contributed by atoms with E-state index in [1.54, 1.807) is 39.0 Å². The molecular weight excluding hydrogens is 610 g/mol. The van der Waals surface area contributed by atoms with Crippen LogP contribution in [0.3, 0.4) is 0 Å². The van der Waals surface area contributed by atoms with Gasteiger partial charge in [-0.05, 0) is 45.0 Å². The fraction of sp³-hybridized carbons (Fsp3) is 0.345. The second-order valence-electron chi connectivity index (χ2n) is 9.98. The lowest BCUT2D eigenvalue weighted by molar-refractivity contribution is -0.155. The van der Waals surface area contributed by atoms with Gasteiger partial charge in [0.2, 0.25) is 5.91 Å². The van der Waals surface area contributed by atoms with Gasteiger partial charge in [-0.3, -0.25) is 19.3 Å². The standard InChI is InChI=1S/C29H34BrN5O5S/c1-19(36)41-13-12-35(17-27(38)40-29(2,3)4)11-7-10-26(37)34-24-15-22-23(16-25(24)39-5)31-18-32-28(22)33-21-9-6-8-20(30)14-21/h6-10,14-16,18H,11-13,17H2,1-5H3,(H,34,37)(H,31,32,33)/b10-7+. The quantitative estimate of drug-likeness (QED) is 0.191. The molecule has 0 saturated heterocycles. The van der Waals surface area contributed by atoms with E-state index in [4.69, 9.17) is 9.47 Å². The van der Waals surface area contributed by atoms with Crippen molar-refractivity contribution in [3.05, 3.63) is 59.4 Å². The van der Waals surface area contributed by atoms with Crippen LogP contribution in [0.2, 0.25) is 0 Å². The van der Waals surface area contributed by atoms with Crippen LogP contribution in [0.5, 0.6) is 5.75 Å². The van der Waals surface area contributed by atoms with E-state index in [1.165, 1.54) is 38.2 Å². The number of nitrogens with zero attached hydrogens (tertiary/aromatic N) is 3. The number of hydrogen-bond donors (Lipinski definition) is 2. The molecule has 1 aromatic heterocycles. The molecule has 0 aliphatic rings. The van der Waals surface area contributed by atoms with Gasteiger partial charge in [0.1, 0.15) is 23.5 Å². The molecule has 12 heteroatoms. The SMILES string of the molecule is COc1cc2ncnc(Nc3cccc(Br)c3)c2cc1NC(=O)/C=C/CN(CCSC(C)=O)CC(=O)OC(C)(C)C. The summed E-state index contributed by atoms with van der Waals surface area (Å²) in [6.45, 7) is 7.73. The summed E-state index contributed by atoms with van der Waals surface area (Å²) in [5.74, 6) is 0.780. The van der Waals surface area contributed by atoms with Crippen LogP contribution >= 0.6 is 27.7 Å². The van der Waals surface area contributed by atoms with E-state index in [2.05, 4.69) is 36.5 Å². The van der Waals surface area contributed by atoms with Crippen LogP contribution in [-0.4, -0.2) is 70.0 Å². The third-order valence-corrected chi connectivity index (χ3v) is 6.71. The van der Waals surface area contributed by atoms with Gasteiger partial charge in [0.05, 0.1) is 24.9 Å². The third kappa shape index (κ3) is 10.8. The van der Waals surface area contributed by atoms with E-state index in [1.807, 2.05) is 29.2 Å². The first kappa shape index (κ1) is 32.0. The van der Waals surface area contributed by atoms with Gasteiger partial charge in [0, 0.05) is 53.5 Å². The maximum atomic E-state index is 12.9. The van der Waals surface area contributed by atoms with Crippen molar-refractivity contribution in [3.8, 4) is 5.75 Å². The molecule has 0 spiro atoms. The Morgan fingerprint density at radius 2 is 1.93 bits per heavy atom. The van der Waals surface area contributed by atoms with Crippen LogP contribution in [0.4, 0.5) is 17.2 Å². The molecule has 0 fully saturated rings. The van der Waals surface area contributed by atoms with Crippen LogP contribution < -0.4 is 15.4 Å². The number of hydrogen-bond acceptors (Lipinski definition) is 10. The number of carbonyl (C=O) groups excluding carboxylic acids is 3. The van der Waals surface area contributed by atoms with E-state index in [0.29, 0.717) is 47.0 Å². The Bertz CT molecular complexity index is 1430. The minimum atomic E-state index is -0.607. The average Bonchev–Trinajstić information content (AvgIpc) is 2.87. The molecule has 41 heavy (non-hydrogen) atoms. The summed E-state index contributed by atoms with van der Waals surface area (Å²) in [6.07, 6.45) is 4.52. The molecule has 3 rings (SSSR count). The maximum absolute atomic E-state index is 12.9. The fourth-order valence-electron chi connectivity index (χ4n) is 3.75. The molecule has 0 aliphatic heterocycles. The Hall–Kier alpha value is -3.48. The lowest BCUT2D eigenvalue weighted by Gasteiger charge is -2.24. The molecule has 3 aromatic rings. The second-order valence-corrected chi connectivity index (χ2v) is 12.2. The highest BCUT2D eigenvalue weighted by Crippen LogP contribution is 2.33. The van der Waals surface area contributed by atoms with Crippen LogP contribution in [-0.2, 0) is 19.1 Å². The molecule has 2 N–H and O–H groups in total. The summed E-state index contributed by atoms with van der Waals surface area (Å²) in [6, 6.07) is 11.2.